The molecule has 3 aromatic rings. The average molecular weight is 543 g/mol. The topological polar surface area (TPSA) is 92.3 Å². The maximum atomic E-state index is 13.3. The number of aryl methyl sites for hydroxylation is 2. The van der Waals surface area contributed by atoms with Crippen molar-refractivity contribution in [2.45, 2.75) is 42.0 Å². The zero-order valence-corrected chi connectivity index (χ0v) is 22.5. The quantitative estimate of drug-likeness (QED) is 0.386. The maximum Gasteiger partial charge on any atom is 0.263 e. The van der Waals surface area contributed by atoms with Crippen LogP contribution < -0.4 is 10.0 Å². The number of hydrogen-bond acceptors (Lipinski definition) is 5. The molecule has 0 saturated heterocycles. The van der Waals surface area contributed by atoms with Gasteiger partial charge in [-0.15, -0.1) is 0 Å². The predicted octanol–water partition coefficient (Wildman–Crippen LogP) is 5.99. The van der Waals surface area contributed by atoms with E-state index < -0.39 is 19.9 Å². The van der Waals surface area contributed by atoms with Crippen molar-refractivity contribution in [2.75, 3.05) is 16.3 Å². The summed E-state index contributed by atoms with van der Waals surface area (Å²) >= 11 is 6.81. The highest BCUT2D eigenvalue weighted by atomic mass is 35.5. The van der Waals surface area contributed by atoms with Gasteiger partial charge in [-0.3, -0.25) is 4.72 Å². The lowest BCUT2D eigenvalue weighted by Gasteiger charge is -2.38. The lowest BCUT2D eigenvalue weighted by Crippen LogP contribution is -2.29. The lowest BCUT2D eigenvalue weighted by atomic mass is 9.77. The second-order valence-electron chi connectivity index (χ2n) is 9.56. The van der Waals surface area contributed by atoms with E-state index in [1.165, 1.54) is 12.3 Å². The number of allylic oxidation sites excluding steroid dienone is 2. The zero-order valence-electron chi connectivity index (χ0n) is 20.1. The van der Waals surface area contributed by atoms with E-state index in [0.717, 1.165) is 34.4 Å². The van der Waals surface area contributed by atoms with Gasteiger partial charge in [0, 0.05) is 29.1 Å². The fourth-order valence-electron chi connectivity index (χ4n) is 5.10. The number of nitrogens with one attached hydrogen (secondary N) is 2. The van der Waals surface area contributed by atoms with Gasteiger partial charge in [0.2, 0.25) is 0 Å². The van der Waals surface area contributed by atoms with Gasteiger partial charge in [-0.2, -0.15) is 0 Å². The summed E-state index contributed by atoms with van der Waals surface area (Å²) in [7, 11) is -7.19. The first-order valence-corrected chi connectivity index (χ1v) is 15.4. The van der Waals surface area contributed by atoms with Crippen LogP contribution in [-0.2, 0) is 19.9 Å². The van der Waals surface area contributed by atoms with E-state index in [0.29, 0.717) is 5.69 Å². The number of sulfonamides is 1. The van der Waals surface area contributed by atoms with E-state index in [-0.39, 0.29) is 32.7 Å². The molecule has 0 saturated carbocycles. The molecule has 5 rings (SSSR count). The van der Waals surface area contributed by atoms with Gasteiger partial charge >= 0.3 is 0 Å². The first-order chi connectivity index (χ1) is 17.0. The Bertz CT molecular complexity index is 1600. The Kier molecular flexibility index (Phi) is 6.17. The summed E-state index contributed by atoms with van der Waals surface area (Å²) in [6, 6.07) is 15.6. The molecule has 0 spiro atoms. The number of hydrogen-bond donors (Lipinski definition) is 2. The minimum Gasteiger partial charge on any atom is -0.378 e. The summed E-state index contributed by atoms with van der Waals surface area (Å²) in [6.45, 7) is 3.90. The minimum absolute atomic E-state index is 0.0398. The Hall–Kier alpha value is -2.81. The van der Waals surface area contributed by atoms with Crippen molar-refractivity contribution < 1.29 is 16.8 Å². The molecular formula is C27H27ClN2O4S2. The highest BCUT2D eigenvalue weighted by Crippen LogP contribution is 2.53. The van der Waals surface area contributed by atoms with Crippen LogP contribution in [0.5, 0.6) is 0 Å². The molecule has 0 aromatic heterocycles. The van der Waals surface area contributed by atoms with Gasteiger partial charge in [-0.1, -0.05) is 42.0 Å². The van der Waals surface area contributed by atoms with Gasteiger partial charge in [0.15, 0.2) is 9.84 Å². The smallest absolute Gasteiger partial charge is 0.263 e. The summed E-state index contributed by atoms with van der Waals surface area (Å²) < 4.78 is 53.0. The monoisotopic (exact) mass is 542 g/mol. The number of fused-ring (bicyclic) bond motifs is 3. The van der Waals surface area contributed by atoms with Crippen molar-refractivity contribution in [3.05, 3.63) is 94.0 Å². The van der Waals surface area contributed by atoms with E-state index in [1.807, 2.05) is 32.0 Å². The summed E-state index contributed by atoms with van der Waals surface area (Å²) in [5.74, 6) is 0.0508. The Balaban J connectivity index is 1.51. The Morgan fingerprint density at radius 1 is 0.944 bits per heavy atom. The number of rotatable bonds is 5. The van der Waals surface area contributed by atoms with Gasteiger partial charge in [-0.05, 0) is 79.3 Å². The fraction of sp³-hybridized carbons (Fsp3) is 0.259. The zero-order chi connectivity index (χ0) is 25.8. The third-order valence-corrected chi connectivity index (χ3v) is 10.2. The highest BCUT2D eigenvalue weighted by Gasteiger charge is 2.40. The Labute approximate surface area is 217 Å². The fourth-order valence-corrected chi connectivity index (χ4v) is 7.47. The molecule has 3 unspecified atom stereocenters. The second-order valence-corrected chi connectivity index (χ2v) is 13.6. The third kappa shape index (κ3) is 4.42. The first kappa shape index (κ1) is 24.9. The Morgan fingerprint density at radius 2 is 1.67 bits per heavy atom. The van der Waals surface area contributed by atoms with Gasteiger partial charge < -0.3 is 5.32 Å². The van der Waals surface area contributed by atoms with Crippen molar-refractivity contribution in [3.8, 4) is 0 Å². The molecule has 188 valence electrons. The van der Waals surface area contributed by atoms with Gasteiger partial charge in [0.05, 0.1) is 16.0 Å². The largest absolute Gasteiger partial charge is 0.378 e. The molecule has 2 N–H and O–H groups in total. The van der Waals surface area contributed by atoms with Crippen molar-refractivity contribution in [1.29, 1.82) is 0 Å². The molecule has 2 aliphatic rings. The van der Waals surface area contributed by atoms with E-state index in [4.69, 9.17) is 11.6 Å². The van der Waals surface area contributed by atoms with Crippen LogP contribution >= 0.6 is 11.6 Å². The van der Waals surface area contributed by atoms with E-state index in [1.54, 1.807) is 30.3 Å². The van der Waals surface area contributed by atoms with Crippen LogP contribution in [0.15, 0.2) is 76.5 Å². The molecule has 3 aromatic carbocycles. The first-order valence-electron chi connectivity index (χ1n) is 11.6. The van der Waals surface area contributed by atoms with Crippen LogP contribution in [0, 0.1) is 19.8 Å². The van der Waals surface area contributed by atoms with Crippen LogP contribution in [0.1, 0.15) is 40.6 Å². The number of benzene rings is 3. The van der Waals surface area contributed by atoms with Crippen LogP contribution in [0.3, 0.4) is 0 Å². The lowest BCUT2D eigenvalue weighted by molar-refractivity contribution is 0.425. The minimum atomic E-state index is -3.91. The van der Waals surface area contributed by atoms with E-state index >= 15 is 0 Å². The van der Waals surface area contributed by atoms with E-state index in [9.17, 15) is 16.8 Å². The Morgan fingerprint density at radius 3 is 2.33 bits per heavy atom. The third-order valence-electron chi connectivity index (χ3n) is 7.15. The van der Waals surface area contributed by atoms with Crippen LogP contribution in [0.4, 0.5) is 11.4 Å². The van der Waals surface area contributed by atoms with Crippen molar-refractivity contribution in [1.82, 2.24) is 0 Å². The molecule has 9 heteroatoms. The van der Waals surface area contributed by atoms with Crippen molar-refractivity contribution in [2.24, 2.45) is 5.92 Å². The molecule has 36 heavy (non-hydrogen) atoms. The van der Waals surface area contributed by atoms with Crippen LogP contribution in [-0.4, -0.2) is 23.1 Å². The van der Waals surface area contributed by atoms with Crippen LogP contribution in [0.25, 0.3) is 0 Å². The molecule has 0 bridgehead atoms. The molecular weight excluding hydrogens is 516 g/mol. The highest BCUT2D eigenvalue weighted by molar-refractivity contribution is 7.92. The molecule has 6 nitrogen and oxygen atoms in total. The maximum absolute atomic E-state index is 13.3. The number of anilines is 2. The number of sulfone groups is 1. The number of halogens is 1. The summed E-state index contributed by atoms with van der Waals surface area (Å²) in [6.07, 6.45) is 6.16. The predicted molar refractivity (Wildman–Crippen MR) is 144 cm³/mol. The molecule has 0 amide bonds. The van der Waals surface area contributed by atoms with Crippen molar-refractivity contribution >= 4 is 42.8 Å². The van der Waals surface area contributed by atoms with Gasteiger partial charge in [0.25, 0.3) is 10.0 Å². The molecule has 1 heterocycles. The van der Waals surface area contributed by atoms with Crippen LogP contribution in [0.2, 0.25) is 5.02 Å². The molecule has 1 aliphatic carbocycles. The van der Waals surface area contributed by atoms with Crippen molar-refractivity contribution in [3.63, 3.8) is 0 Å². The molecule has 0 fully saturated rings. The summed E-state index contributed by atoms with van der Waals surface area (Å²) in [5.41, 5.74) is 5.07. The normalized spacial score (nSPS) is 20.9. The second kappa shape index (κ2) is 8.94. The summed E-state index contributed by atoms with van der Waals surface area (Å²) in [5, 5.41) is 3.75. The van der Waals surface area contributed by atoms with E-state index in [2.05, 4.69) is 22.2 Å². The van der Waals surface area contributed by atoms with Gasteiger partial charge in [0.1, 0.15) is 4.90 Å². The molecule has 1 aliphatic heterocycles. The SMILES string of the molecule is Cc1ccc(NS(=O)(=O)c2ccc3c(c2Cl)C2C=CCC2C(c2ccc(S(C)(=O)=O)cc2)N3)cc1C. The average Bonchev–Trinajstić information content (AvgIpc) is 3.30. The molecule has 0 radical (unpaired) electrons. The standard InChI is InChI=1S/C27H27ClN2O4S2/c1-16-7-10-19(15-17(16)2)30-36(33,34)24-14-13-23-25(26(24)28)21-5-4-6-22(21)27(29-23)18-8-11-20(12-9-18)35(3,31)32/h4-5,7-15,21-22,27,29-30H,6H2,1-3H3. The summed E-state index contributed by atoms with van der Waals surface area (Å²) in [4.78, 5) is 0.315. The van der Waals surface area contributed by atoms with Gasteiger partial charge in [-0.25, -0.2) is 16.8 Å². The molecule has 3 atom stereocenters.